The molecule has 0 aliphatic carbocycles. The lowest BCUT2D eigenvalue weighted by molar-refractivity contribution is -0.114. The van der Waals surface area contributed by atoms with E-state index in [0.29, 0.717) is 17.7 Å². The van der Waals surface area contributed by atoms with Crippen molar-refractivity contribution in [2.45, 2.75) is 6.42 Å². The van der Waals surface area contributed by atoms with Gasteiger partial charge in [0.25, 0.3) is 5.91 Å². The Morgan fingerprint density at radius 2 is 2.13 bits per heavy atom. The van der Waals surface area contributed by atoms with E-state index in [4.69, 9.17) is 15.7 Å². The summed E-state index contributed by atoms with van der Waals surface area (Å²) in [6.45, 7) is 0. The average Bonchev–Trinajstić information content (AvgIpc) is 2.53. The smallest absolute Gasteiger partial charge is 0.259 e. The summed E-state index contributed by atoms with van der Waals surface area (Å²) in [5.41, 5.74) is 7.25. The number of primary amides is 1. The number of methoxy groups -OCH3 is 1. The number of hydrogen-bond acceptors (Lipinski definition) is 3. The molecule has 5 heteroatoms. The van der Waals surface area contributed by atoms with Gasteiger partial charge in [-0.1, -0.05) is 18.2 Å². The van der Waals surface area contributed by atoms with E-state index in [2.05, 4.69) is 0 Å². The van der Waals surface area contributed by atoms with Gasteiger partial charge in [-0.05, 0) is 53.5 Å². The summed E-state index contributed by atoms with van der Waals surface area (Å²) in [5, 5.41) is 8.98. The number of benzene rings is 2. The highest BCUT2D eigenvalue weighted by molar-refractivity contribution is 6.00. The number of nitriles is 1. The number of nitrogens with two attached hydrogens (primary N) is 1. The number of ether oxygens (including phenoxy) is 1. The molecule has 4 nitrogen and oxygen atoms in total. The van der Waals surface area contributed by atoms with Crippen molar-refractivity contribution in [3.05, 3.63) is 70.5 Å². The lowest BCUT2D eigenvalue weighted by atomic mass is 9.97. The molecular formula is C18H15FN2O2. The maximum Gasteiger partial charge on any atom is 0.259 e. The minimum Gasteiger partial charge on any atom is -0.497 e. The molecule has 0 aromatic heterocycles. The molecule has 0 saturated carbocycles. The van der Waals surface area contributed by atoms with Crippen molar-refractivity contribution in [3.63, 3.8) is 0 Å². The van der Waals surface area contributed by atoms with Gasteiger partial charge in [0.05, 0.1) is 7.11 Å². The Labute approximate surface area is 133 Å². The van der Waals surface area contributed by atoms with Crippen LogP contribution in [0.5, 0.6) is 5.75 Å². The van der Waals surface area contributed by atoms with Crippen LogP contribution < -0.4 is 10.5 Å². The lowest BCUT2D eigenvalue weighted by Crippen LogP contribution is -2.12. The van der Waals surface area contributed by atoms with Gasteiger partial charge in [-0.15, -0.1) is 0 Å². The van der Waals surface area contributed by atoms with Crippen LogP contribution in [-0.2, 0) is 11.2 Å². The van der Waals surface area contributed by atoms with Crippen molar-refractivity contribution >= 4 is 12.0 Å². The van der Waals surface area contributed by atoms with E-state index >= 15 is 0 Å². The van der Waals surface area contributed by atoms with E-state index in [1.807, 2.05) is 0 Å². The highest BCUT2D eigenvalue weighted by atomic mass is 19.1. The highest BCUT2D eigenvalue weighted by Gasteiger charge is 2.09. The van der Waals surface area contributed by atoms with Crippen molar-refractivity contribution in [1.82, 2.24) is 0 Å². The molecule has 0 spiro atoms. The molecule has 0 bridgehead atoms. The van der Waals surface area contributed by atoms with Crippen LogP contribution >= 0.6 is 0 Å². The van der Waals surface area contributed by atoms with Crippen molar-refractivity contribution in [1.29, 1.82) is 5.26 Å². The van der Waals surface area contributed by atoms with Gasteiger partial charge in [-0.3, -0.25) is 4.79 Å². The first kappa shape index (κ1) is 16.2. The molecule has 0 aliphatic heterocycles. The van der Waals surface area contributed by atoms with Crippen LogP contribution in [0, 0.1) is 17.1 Å². The largest absolute Gasteiger partial charge is 0.497 e. The van der Waals surface area contributed by atoms with Crippen LogP contribution in [0.3, 0.4) is 0 Å². The standard InChI is InChI=1S/C18H15FN2O2/c1-23-17-6-5-13(9-15(11-20)18(21)22)14(10-17)7-12-3-2-4-16(19)8-12/h2-6,8-10H,7H2,1H3,(H2,21,22)/b15-9+. The fourth-order valence-electron chi connectivity index (χ4n) is 2.18. The molecule has 2 N–H and O–H groups in total. The lowest BCUT2D eigenvalue weighted by Gasteiger charge is -2.10. The molecule has 0 aliphatic rings. The molecule has 2 aromatic rings. The van der Waals surface area contributed by atoms with E-state index < -0.39 is 5.91 Å². The quantitative estimate of drug-likeness (QED) is 0.681. The number of hydrogen-bond donors (Lipinski definition) is 1. The molecule has 0 radical (unpaired) electrons. The van der Waals surface area contributed by atoms with Gasteiger partial charge in [0.1, 0.15) is 23.2 Å². The van der Waals surface area contributed by atoms with Crippen molar-refractivity contribution in [2.24, 2.45) is 5.73 Å². The van der Waals surface area contributed by atoms with E-state index in [-0.39, 0.29) is 11.4 Å². The van der Waals surface area contributed by atoms with Crippen LogP contribution in [0.25, 0.3) is 6.08 Å². The zero-order chi connectivity index (χ0) is 16.8. The molecular weight excluding hydrogens is 295 g/mol. The first-order valence-corrected chi connectivity index (χ1v) is 6.86. The Kier molecular flexibility index (Phi) is 5.11. The molecule has 2 rings (SSSR count). The van der Waals surface area contributed by atoms with Gasteiger partial charge < -0.3 is 10.5 Å². The van der Waals surface area contributed by atoms with Crippen LogP contribution in [0.1, 0.15) is 16.7 Å². The second-order valence-electron chi connectivity index (χ2n) is 4.91. The van der Waals surface area contributed by atoms with Gasteiger partial charge in [-0.2, -0.15) is 5.26 Å². The van der Waals surface area contributed by atoms with E-state index in [9.17, 15) is 9.18 Å². The number of rotatable bonds is 5. The molecule has 0 atom stereocenters. The summed E-state index contributed by atoms with van der Waals surface area (Å²) in [6.07, 6.45) is 1.86. The van der Waals surface area contributed by atoms with Gasteiger partial charge in [0, 0.05) is 0 Å². The monoisotopic (exact) mass is 310 g/mol. The predicted octanol–water partition coefficient (Wildman–Crippen LogP) is 2.82. The van der Waals surface area contributed by atoms with Crippen LogP contribution in [0.15, 0.2) is 48.0 Å². The highest BCUT2D eigenvalue weighted by Crippen LogP contribution is 2.23. The summed E-state index contributed by atoms with van der Waals surface area (Å²) in [7, 11) is 1.54. The minimum atomic E-state index is -0.792. The molecule has 116 valence electrons. The van der Waals surface area contributed by atoms with Gasteiger partial charge in [-0.25, -0.2) is 4.39 Å². The number of amides is 1. The Morgan fingerprint density at radius 1 is 1.35 bits per heavy atom. The number of carbonyl (C=O) groups is 1. The third kappa shape index (κ3) is 4.17. The molecule has 0 unspecified atom stereocenters. The molecule has 0 heterocycles. The Hall–Kier alpha value is -3.13. The first-order chi connectivity index (χ1) is 11.0. The van der Waals surface area contributed by atoms with E-state index in [0.717, 1.165) is 11.1 Å². The van der Waals surface area contributed by atoms with E-state index in [1.54, 1.807) is 43.5 Å². The van der Waals surface area contributed by atoms with Gasteiger partial charge >= 0.3 is 0 Å². The molecule has 0 saturated heterocycles. The van der Waals surface area contributed by atoms with Crippen LogP contribution in [0.4, 0.5) is 4.39 Å². The zero-order valence-corrected chi connectivity index (χ0v) is 12.5. The maximum atomic E-state index is 13.3. The number of halogens is 1. The van der Waals surface area contributed by atoms with Crippen molar-refractivity contribution in [3.8, 4) is 11.8 Å². The van der Waals surface area contributed by atoms with Crippen molar-refractivity contribution < 1.29 is 13.9 Å². The molecule has 0 fully saturated rings. The third-order valence-electron chi connectivity index (χ3n) is 3.32. The zero-order valence-electron chi connectivity index (χ0n) is 12.5. The molecule has 2 aromatic carbocycles. The normalized spacial score (nSPS) is 10.9. The Morgan fingerprint density at radius 3 is 2.74 bits per heavy atom. The summed E-state index contributed by atoms with van der Waals surface area (Å²) in [4.78, 5) is 11.2. The summed E-state index contributed by atoms with van der Waals surface area (Å²) in [5.74, 6) is -0.483. The molecule has 23 heavy (non-hydrogen) atoms. The molecule has 1 amide bonds. The number of nitrogens with zero attached hydrogens (tertiary/aromatic N) is 1. The summed E-state index contributed by atoms with van der Waals surface area (Å²) < 4.78 is 18.5. The first-order valence-electron chi connectivity index (χ1n) is 6.86. The Balaban J connectivity index is 2.47. The average molecular weight is 310 g/mol. The topological polar surface area (TPSA) is 76.1 Å². The fourth-order valence-corrected chi connectivity index (χ4v) is 2.18. The third-order valence-corrected chi connectivity index (χ3v) is 3.32. The Bertz CT molecular complexity index is 807. The summed E-state index contributed by atoms with van der Waals surface area (Å²) in [6, 6.07) is 13.2. The van der Waals surface area contributed by atoms with Crippen LogP contribution in [-0.4, -0.2) is 13.0 Å². The van der Waals surface area contributed by atoms with Gasteiger partial charge in [0.2, 0.25) is 0 Å². The van der Waals surface area contributed by atoms with Crippen molar-refractivity contribution in [2.75, 3.05) is 7.11 Å². The summed E-state index contributed by atoms with van der Waals surface area (Å²) >= 11 is 0. The second kappa shape index (κ2) is 7.23. The second-order valence-corrected chi connectivity index (χ2v) is 4.91. The predicted molar refractivity (Wildman–Crippen MR) is 85.0 cm³/mol. The van der Waals surface area contributed by atoms with Gasteiger partial charge in [0.15, 0.2) is 0 Å². The minimum absolute atomic E-state index is 0.143. The van der Waals surface area contributed by atoms with E-state index in [1.165, 1.54) is 18.2 Å². The number of carbonyl (C=O) groups excluding carboxylic acids is 1. The SMILES string of the molecule is COc1ccc(/C=C(\C#N)C(N)=O)c(Cc2cccc(F)c2)c1. The maximum absolute atomic E-state index is 13.3. The fraction of sp³-hybridized carbons (Fsp3) is 0.111. The van der Waals surface area contributed by atoms with Crippen LogP contribution in [0.2, 0.25) is 0 Å².